The second-order valence-electron chi connectivity index (χ2n) is 4.73. The first-order chi connectivity index (χ1) is 8.65. The Balaban J connectivity index is 2.03. The van der Waals surface area contributed by atoms with Crippen LogP contribution >= 0.6 is 15.9 Å². The third-order valence-corrected chi connectivity index (χ3v) is 3.54. The van der Waals surface area contributed by atoms with Crippen LogP contribution in [0, 0.1) is 6.92 Å². The Kier molecular flexibility index (Phi) is 4.56. The summed E-state index contributed by atoms with van der Waals surface area (Å²) in [6.45, 7) is 4.12. The van der Waals surface area contributed by atoms with Crippen molar-refractivity contribution >= 4 is 15.9 Å². The minimum atomic E-state index is 0.972. The summed E-state index contributed by atoms with van der Waals surface area (Å²) < 4.78 is 1.15. The van der Waals surface area contributed by atoms with Gasteiger partial charge in [0.15, 0.2) is 0 Å². The summed E-state index contributed by atoms with van der Waals surface area (Å²) in [6, 6.07) is 17.0. The average Bonchev–Trinajstić information content (AvgIpc) is 2.35. The van der Waals surface area contributed by atoms with Gasteiger partial charge in [-0.25, -0.2) is 0 Å². The van der Waals surface area contributed by atoms with Crippen LogP contribution in [0.4, 0.5) is 0 Å². The molecule has 0 fully saturated rings. The summed E-state index contributed by atoms with van der Waals surface area (Å²) >= 11 is 3.53. The van der Waals surface area contributed by atoms with E-state index >= 15 is 0 Å². The SMILES string of the molecule is Cc1ccc(Br)cc1CN(C)Cc1ccccc1. The van der Waals surface area contributed by atoms with Crippen LogP contribution in [-0.2, 0) is 13.1 Å². The number of aryl methyl sites for hydroxylation is 1. The highest BCUT2D eigenvalue weighted by molar-refractivity contribution is 9.10. The van der Waals surface area contributed by atoms with Crippen LogP contribution < -0.4 is 0 Å². The number of hydrogen-bond donors (Lipinski definition) is 0. The lowest BCUT2D eigenvalue weighted by molar-refractivity contribution is 0.318. The molecule has 2 rings (SSSR count). The van der Waals surface area contributed by atoms with Crippen molar-refractivity contribution < 1.29 is 0 Å². The number of benzene rings is 2. The molecule has 0 unspecified atom stereocenters. The van der Waals surface area contributed by atoms with Crippen LogP contribution in [-0.4, -0.2) is 11.9 Å². The summed E-state index contributed by atoms with van der Waals surface area (Å²) in [4.78, 5) is 2.34. The first-order valence-corrected chi connectivity index (χ1v) is 6.92. The maximum atomic E-state index is 3.53. The molecule has 0 atom stereocenters. The molecule has 0 spiro atoms. The maximum absolute atomic E-state index is 3.53. The standard InChI is InChI=1S/C16H18BrN/c1-13-8-9-16(17)10-15(13)12-18(2)11-14-6-4-3-5-7-14/h3-10H,11-12H2,1-2H3. The van der Waals surface area contributed by atoms with Crippen molar-refractivity contribution in [3.05, 3.63) is 69.7 Å². The predicted molar refractivity (Wildman–Crippen MR) is 80.5 cm³/mol. The van der Waals surface area contributed by atoms with Crippen LogP contribution in [0.15, 0.2) is 53.0 Å². The van der Waals surface area contributed by atoms with E-state index in [1.165, 1.54) is 16.7 Å². The second kappa shape index (κ2) is 6.17. The Labute approximate surface area is 118 Å². The number of rotatable bonds is 4. The van der Waals surface area contributed by atoms with E-state index in [1.54, 1.807) is 0 Å². The smallest absolute Gasteiger partial charge is 0.0237 e. The van der Waals surface area contributed by atoms with E-state index in [-0.39, 0.29) is 0 Å². The Morgan fingerprint density at radius 2 is 1.72 bits per heavy atom. The molecule has 0 aliphatic carbocycles. The van der Waals surface area contributed by atoms with Crippen LogP contribution in [0.5, 0.6) is 0 Å². The Bertz CT molecular complexity index is 508. The highest BCUT2D eigenvalue weighted by Crippen LogP contribution is 2.18. The average molecular weight is 304 g/mol. The van der Waals surface area contributed by atoms with Gasteiger partial charge < -0.3 is 0 Å². The second-order valence-corrected chi connectivity index (χ2v) is 5.64. The van der Waals surface area contributed by atoms with E-state index in [1.807, 2.05) is 0 Å². The van der Waals surface area contributed by atoms with Gasteiger partial charge >= 0.3 is 0 Å². The molecule has 0 heterocycles. The topological polar surface area (TPSA) is 3.24 Å². The van der Waals surface area contributed by atoms with E-state index < -0.39 is 0 Å². The molecule has 0 aliphatic rings. The van der Waals surface area contributed by atoms with Crippen molar-refractivity contribution in [2.75, 3.05) is 7.05 Å². The van der Waals surface area contributed by atoms with Crippen LogP contribution in [0.1, 0.15) is 16.7 Å². The normalized spacial score (nSPS) is 10.9. The summed E-state index contributed by atoms with van der Waals surface area (Å²) in [5.74, 6) is 0. The number of halogens is 1. The van der Waals surface area contributed by atoms with Gasteiger partial charge in [-0.1, -0.05) is 52.3 Å². The van der Waals surface area contributed by atoms with Crippen molar-refractivity contribution in [2.45, 2.75) is 20.0 Å². The van der Waals surface area contributed by atoms with Gasteiger partial charge in [0.1, 0.15) is 0 Å². The molecule has 0 aromatic heterocycles. The van der Waals surface area contributed by atoms with Gasteiger partial charge in [0, 0.05) is 17.6 Å². The molecule has 0 saturated heterocycles. The van der Waals surface area contributed by atoms with Gasteiger partial charge in [-0.3, -0.25) is 4.90 Å². The zero-order valence-electron chi connectivity index (χ0n) is 10.9. The summed E-state index contributed by atoms with van der Waals surface area (Å²) in [5, 5.41) is 0. The lowest BCUT2D eigenvalue weighted by atomic mass is 10.1. The largest absolute Gasteiger partial charge is 0.298 e. The van der Waals surface area contributed by atoms with E-state index in [9.17, 15) is 0 Å². The fourth-order valence-corrected chi connectivity index (χ4v) is 2.46. The minimum Gasteiger partial charge on any atom is -0.298 e. The summed E-state index contributed by atoms with van der Waals surface area (Å²) in [6.07, 6.45) is 0. The molecule has 0 radical (unpaired) electrons. The molecular weight excluding hydrogens is 286 g/mol. The zero-order valence-corrected chi connectivity index (χ0v) is 12.4. The molecule has 2 heteroatoms. The highest BCUT2D eigenvalue weighted by atomic mass is 79.9. The van der Waals surface area contributed by atoms with Crippen LogP contribution in [0.2, 0.25) is 0 Å². The Morgan fingerprint density at radius 3 is 2.44 bits per heavy atom. The fraction of sp³-hybridized carbons (Fsp3) is 0.250. The summed E-state index contributed by atoms with van der Waals surface area (Å²) in [7, 11) is 2.16. The van der Waals surface area contributed by atoms with E-state index in [0.717, 1.165) is 17.6 Å². The molecule has 0 bridgehead atoms. The molecule has 2 aromatic rings. The number of hydrogen-bond acceptors (Lipinski definition) is 1. The first kappa shape index (κ1) is 13.3. The van der Waals surface area contributed by atoms with Crippen LogP contribution in [0.3, 0.4) is 0 Å². The van der Waals surface area contributed by atoms with Gasteiger partial charge in [0.25, 0.3) is 0 Å². The highest BCUT2D eigenvalue weighted by Gasteiger charge is 2.04. The van der Waals surface area contributed by atoms with Gasteiger partial charge in [-0.05, 0) is 42.8 Å². The first-order valence-electron chi connectivity index (χ1n) is 6.12. The minimum absolute atomic E-state index is 0.972. The monoisotopic (exact) mass is 303 g/mol. The molecule has 0 aliphatic heterocycles. The molecule has 0 N–H and O–H groups in total. The summed E-state index contributed by atoms with van der Waals surface area (Å²) in [5.41, 5.74) is 4.08. The van der Waals surface area contributed by atoms with Gasteiger partial charge in [-0.2, -0.15) is 0 Å². The fourth-order valence-electron chi connectivity index (χ4n) is 2.05. The quantitative estimate of drug-likeness (QED) is 0.810. The van der Waals surface area contributed by atoms with Crippen molar-refractivity contribution in [1.29, 1.82) is 0 Å². The molecule has 18 heavy (non-hydrogen) atoms. The van der Waals surface area contributed by atoms with Gasteiger partial charge in [0.2, 0.25) is 0 Å². The van der Waals surface area contributed by atoms with Crippen molar-refractivity contribution in [1.82, 2.24) is 4.90 Å². The van der Waals surface area contributed by atoms with E-state index in [4.69, 9.17) is 0 Å². The molecular formula is C16H18BrN. The third kappa shape index (κ3) is 3.69. The van der Waals surface area contributed by atoms with Gasteiger partial charge in [0.05, 0.1) is 0 Å². The van der Waals surface area contributed by atoms with Gasteiger partial charge in [-0.15, -0.1) is 0 Å². The molecule has 0 saturated carbocycles. The zero-order chi connectivity index (χ0) is 13.0. The molecule has 0 amide bonds. The van der Waals surface area contributed by atoms with Crippen LogP contribution in [0.25, 0.3) is 0 Å². The third-order valence-electron chi connectivity index (χ3n) is 3.05. The van der Waals surface area contributed by atoms with Crippen molar-refractivity contribution in [2.24, 2.45) is 0 Å². The van der Waals surface area contributed by atoms with Crippen molar-refractivity contribution in [3.63, 3.8) is 0 Å². The lowest BCUT2D eigenvalue weighted by Crippen LogP contribution is -2.17. The molecule has 1 nitrogen and oxygen atoms in total. The predicted octanol–water partition coefficient (Wildman–Crippen LogP) is 4.39. The Morgan fingerprint density at radius 1 is 1.00 bits per heavy atom. The molecule has 94 valence electrons. The Hall–Kier alpha value is -1.12. The maximum Gasteiger partial charge on any atom is 0.0237 e. The molecule has 2 aromatic carbocycles. The van der Waals surface area contributed by atoms with E-state index in [0.29, 0.717) is 0 Å². The number of nitrogens with zero attached hydrogens (tertiary/aromatic N) is 1. The lowest BCUT2D eigenvalue weighted by Gasteiger charge is -2.18. The van der Waals surface area contributed by atoms with Crippen molar-refractivity contribution in [3.8, 4) is 0 Å². The van der Waals surface area contributed by atoms with E-state index in [2.05, 4.69) is 83.3 Å².